The zero-order valence-electron chi connectivity index (χ0n) is 12.5. The van der Waals surface area contributed by atoms with Gasteiger partial charge in [0.2, 0.25) is 5.91 Å². The van der Waals surface area contributed by atoms with E-state index < -0.39 is 0 Å². The molecule has 1 unspecified atom stereocenters. The molecule has 1 atom stereocenters. The quantitative estimate of drug-likeness (QED) is 0.689. The Morgan fingerprint density at radius 3 is 2.63 bits per heavy atom. The zero-order chi connectivity index (χ0) is 14.1. The van der Waals surface area contributed by atoms with Gasteiger partial charge >= 0.3 is 0 Å². The molecule has 0 spiro atoms. The van der Waals surface area contributed by atoms with Crippen LogP contribution in [0.2, 0.25) is 0 Å². The van der Waals surface area contributed by atoms with Crippen LogP contribution in [0.1, 0.15) is 26.7 Å². The van der Waals surface area contributed by atoms with Gasteiger partial charge in [0.1, 0.15) is 0 Å². The van der Waals surface area contributed by atoms with E-state index in [0.29, 0.717) is 12.3 Å². The standard InChI is InChI=1S/C14H30N4O/c1-3-16-14(19)5-8-17-6-4-7-18(10-9-17)12-13(2)11-15/h13H,3-12,15H2,1-2H3,(H,16,19). The third-order valence-corrected chi connectivity index (χ3v) is 3.68. The SMILES string of the molecule is CCNC(=O)CCN1CCCN(CC(C)CN)CC1. The molecule has 1 aliphatic rings. The normalized spacial score (nSPS) is 19.9. The molecule has 1 aliphatic heterocycles. The molecule has 5 heteroatoms. The number of carbonyl (C=O) groups excluding carboxylic acids is 1. The zero-order valence-corrected chi connectivity index (χ0v) is 12.5. The summed E-state index contributed by atoms with van der Waals surface area (Å²) in [5, 5.41) is 2.85. The van der Waals surface area contributed by atoms with Gasteiger partial charge in [-0.15, -0.1) is 0 Å². The van der Waals surface area contributed by atoms with Crippen LogP contribution in [-0.4, -0.2) is 68.1 Å². The minimum absolute atomic E-state index is 0.167. The van der Waals surface area contributed by atoms with E-state index in [-0.39, 0.29) is 5.91 Å². The molecule has 112 valence electrons. The molecule has 3 N–H and O–H groups in total. The average Bonchev–Trinajstić information content (AvgIpc) is 2.62. The van der Waals surface area contributed by atoms with Crippen molar-refractivity contribution in [3.63, 3.8) is 0 Å². The van der Waals surface area contributed by atoms with E-state index in [9.17, 15) is 4.79 Å². The van der Waals surface area contributed by atoms with Crippen LogP contribution in [0.4, 0.5) is 0 Å². The molecule has 1 amide bonds. The molecule has 1 fully saturated rings. The van der Waals surface area contributed by atoms with Crippen LogP contribution in [0.3, 0.4) is 0 Å². The summed E-state index contributed by atoms with van der Waals surface area (Å²) >= 11 is 0. The first-order valence-electron chi connectivity index (χ1n) is 7.57. The van der Waals surface area contributed by atoms with Crippen LogP contribution >= 0.6 is 0 Å². The van der Waals surface area contributed by atoms with Gasteiger partial charge in [0.25, 0.3) is 0 Å². The Morgan fingerprint density at radius 1 is 1.26 bits per heavy atom. The van der Waals surface area contributed by atoms with Crippen LogP contribution in [0, 0.1) is 5.92 Å². The molecule has 0 aromatic heterocycles. The van der Waals surface area contributed by atoms with Gasteiger partial charge in [0, 0.05) is 39.1 Å². The molecule has 0 aromatic rings. The van der Waals surface area contributed by atoms with E-state index >= 15 is 0 Å². The first-order chi connectivity index (χ1) is 9.15. The van der Waals surface area contributed by atoms with Gasteiger partial charge in [-0.2, -0.15) is 0 Å². The van der Waals surface area contributed by atoms with Crippen molar-refractivity contribution in [1.29, 1.82) is 0 Å². The highest BCUT2D eigenvalue weighted by Gasteiger charge is 2.16. The predicted octanol–water partition coefficient (Wildman–Crippen LogP) is 0.115. The van der Waals surface area contributed by atoms with Gasteiger partial charge < -0.3 is 20.9 Å². The predicted molar refractivity (Wildman–Crippen MR) is 79.0 cm³/mol. The molecule has 1 rings (SSSR count). The third kappa shape index (κ3) is 6.89. The van der Waals surface area contributed by atoms with Crippen LogP contribution < -0.4 is 11.1 Å². The molecular formula is C14H30N4O. The van der Waals surface area contributed by atoms with E-state index in [1.807, 2.05) is 6.92 Å². The Kier molecular flexibility index (Phi) is 8.02. The maximum atomic E-state index is 11.5. The van der Waals surface area contributed by atoms with E-state index in [1.54, 1.807) is 0 Å². The lowest BCUT2D eigenvalue weighted by Crippen LogP contribution is -2.36. The highest BCUT2D eigenvalue weighted by atomic mass is 16.1. The fourth-order valence-electron chi connectivity index (χ4n) is 2.49. The highest BCUT2D eigenvalue weighted by molar-refractivity contribution is 5.75. The van der Waals surface area contributed by atoms with Crippen molar-refractivity contribution in [3.8, 4) is 0 Å². The summed E-state index contributed by atoms with van der Waals surface area (Å²) in [5.41, 5.74) is 5.68. The van der Waals surface area contributed by atoms with Gasteiger partial charge in [0.05, 0.1) is 0 Å². The topological polar surface area (TPSA) is 61.6 Å². The fraction of sp³-hybridized carbons (Fsp3) is 0.929. The van der Waals surface area contributed by atoms with Crippen LogP contribution in [0.5, 0.6) is 0 Å². The first kappa shape index (κ1) is 16.4. The molecule has 0 aromatic carbocycles. The minimum atomic E-state index is 0.167. The fourth-order valence-corrected chi connectivity index (χ4v) is 2.49. The number of amides is 1. The molecule has 1 heterocycles. The summed E-state index contributed by atoms with van der Waals surface area (Å²) in [6.45, 7) is 12.1. The second-order valence-electron chi connectivity index (χ2n) is 5.54. The summed E-state index contributed by atoms with van der Waals surface area (Å²) in [6.07, 6.45) is 1.81. The van der Waals surface area contributed by atoms with Crippen molar-refractivity contribution in [2.75, 3.05) is 52.4 Å². The van der Waals surface area contributed by atoms with Crippen molar-refractivity contribution >= 4 is 5.91 Å². The molecule has 19 heavy (non-hydrogen) atoms. The lowest BCUT2D eigenvalue weighted by Gasteiger charge is -2.23. The van der Waals surface area contributed by atoms with Crippen LogP contribution in [0.25, 0.3) is 0 Å². The molecule has 0 aliphatic carbocycles. The molecule has 1 saturated heterocycles. The van der Waals surface area contributed by atoms with Gasteiger partial charge in [-0.25, -0.2) is 0 Å². The minimum Gasteiger partial charge on any atom is -0.356 e. The summed E-state index contributed by atoms with van der Waals surface area (Å²) < 4.78 is 0. The Balaban J connectivity index is 2.23. The summed E-state index contributed by atoms with van der Waals surface area (Å²) in [6, 6.07) is 0. The maximum absolute atomic E-state index is 11.5. The van der Waals surface area contributed by atoms with Gasteiger partial charge in [0.15, 0.2) is 0 Å². The Morgan fingerprint density at radius 2 is 1.95 bits per heavy atom. The van der Waals surface area contributed by atoms with Crippen LogP contribution in [-0.2, 0) is 4.79 Å². The lowest BCUT2D eigenvalue weighted by molar-refractivity contribution is -0.121. The molecule has 5 nitrogen and oxygen atoms in total. The van der Waals surface area contributed by atoms with Crippen LogP contribution in [0.15, 0.2) is 0 Å². The van der Waals surface area contributed by atoms with Gasteiger partial charge in [-0.05, 0) is 38.9 Å². The second-order valence-corrected chi connectivity index (χ2v) is 5.54. The third-order valence-electron chi connectivity index (χ3n) is 3.68. The smallest absolute Gasteiger partial charge is 0.221 e. The number of nitrogens with zero attached hydrogens (tertiary/aromatic N) is 2. The Bertz CT molecular complexity index is 260. The Labute approximate surface area is 117 Å². The van der Waals surface area contributed by atoms with E-state index in [0.717, 1.165) is 52.4 Å². The van der Waals surface area contributed by atoms with Crippen molar-refractivity contribution in [1.82, 2.24) is 15.1 Å². The van der Waals surface area contributed by atoms with E-state index in [4.69, 9.17) is 5.73 Å². The number of nitrogens with two attached hydrogens (primary N) is 1. The maximum Gasteiger partial charge on any atom is 0.221 e. The highest BCUT2D eigenvalue weighted by Crippen LogP contribution is 2.06. The number of rotatable bonds is 7. The lowest BCUT2D eigenvalue weighted by atomic mass is 10.1. The van der Waals surface area contributed by atoms with E-state index in [1.165, 1.54) is 6.42 Å². The average molecular weight is 270 g/mol. The number of carbonyl (C=O) groups is 1. The van der Waals surface area contributed by atoms with Gasteiger partial charge in [-0.3, -0.25) is 4.79 Å². The molecule has 0 bridgehead atoms. The van der Waals surface area contributed by atoms with Crippen molar-refractivity contribution in [3.05, 3.63) is 0 Å². The first-order valence-corrected chi connectivity index (χ1v) is 7.57. The largest absolute Gasteiger partial charge is 0.356 e. The van der Waals surface area contributed by atoms with Gasteiger partial charge in [-0.1, -0.05) is 6.92 Å². The van der Waals surface area contributed by atoms with Crippen molar-refractivity contribution < 1.29 is 4.79 Å². The summed E-state index contributed by atoms with van der Waals surface area (Å²) in [7, 11) is 0. The van der Waals surface area contributed by atoms with Crippen molar-refractivity contribution in [2.45, 2.75) is 26.7 Å². The Hall–Kier alpha value is -0.650. The second kappa shape index (κ2) is 9.28. The van der Waals surface area contributed by atoms with Crippen molar-refractivity contribution in [2.24, 2.45) is 11.7 Å². The number of hydrogen-bond donors (Lipinski definition) is 2. The molecular weight excluding hydrogens is 240 g/mol. The summed E-state index contributed by atoms with van der Waals surface area (Å²) in [5.74, 6) is 0.738. The monoisotopic (exact) mass is 270 g/mol. The number of hydrogen-bond acceptors (Lipinski definition) is 4. The summed E-state index contributed by atoms with van der Waals surface area (Å²) in [4.78, 5) is 16.4. The molecule has 0 radical (unpaired) electrons. The molecule has 0 saturated carbocycles. The van der Waals surface area contributed by atoms with E-state index in [2.05, 4.69) is 22.0 Å². The number of nitrogens with one attached hydrogen (secondary N) is 1.